The van der Waals surface area contributed by atoms with E-state index in [1.165, 1.54) is 0 Å². The first-order chi connectivity index (χ1) is 8.21. The van der Waals surface area contributed by atoms with E-state index in [4.69, 9.17) is 9.47 Å². The smallest absolute Gasteiger partial charge is 0.189 e. The molecule has 0 aliphatic carbocycles. The third-order valence-electron chi connectivity index (χ3n) is 3.96. The van der Waals surface area contributed by atoms with Crippen LogP contribution in [0, 0.1) is 0 Å². The molecule has 2 aliphatic heterocycles. The van der Waals surface area contributed by atoms with Crippen molar-refractivity contribution in [3.8, 4) is 0 Å². The molecule has 0 radical (unpaired) electrons. The molecule has 1 unspecified atom stereocenters. The summed E-state index contributed by atoms with van der Waals surface area (Å²) >= 11 is 0. The molecule has 3 atom stereocenters. The monoisotopic (exact) mass is 250 g/mol. The predicted molar refractivity (Wildman–Crippen MR) is 70.4 cm³/mol. The molecule has 0 aromatic carbocycles. The maximum atomic E-state index is 12.2. The number of hydrogen-bond acceptors (Lipinski definition) is 3. The summed E-state index contributed by atoms with van der Waals surface area (Å²) in [5.74, 6) is -0.0138. The minimum Gasteiger partial charge on any atom is -0.364 e. The van der Waals surface area contributed by atoms with E-state index in [1.807, 2.05) is 33.8 Å². The summed E-state index contributed by atoms with van der Waals surface area (Å²) in [6, 6.07) is 0. The molecule has 2 heterocycles. The summed E-state index contributed by atoms with van der Waals surface area (Å²) in [6.07, 6.45) is 6.71. The van der Waals surface area contributed by atoms with Crippen LogP contribution in [0.2, 0.25) is 0 Å². The molecule has 0 saturated carbocycles. The molecule has 0 amide bonds. The summed E-state index contributed by atoms with van der Waals surface area (Å²) in [7, 11) is 0. The van der Waals surface area contributed by atoms with E-state index in [1.54, 1.807) is 12.2 Å². The van der Waals surface area contributed by atoms with Crippen LogP contribution in [0.5, 0.6) is 0 Å². The average molecular weight is 250 g/mol. The molecule has 0 aromatic heterocycles. The normalized spacial score (nSPS) is 43.1. The second kappa shape index (κ2) is 4.04. The maximum Gasteiger partial charge on any atom is 0.189 e. The van der Waals surface area contributed by atoms with E-state index in [0.29, 0.717) is 0 Å². The van der Waals surface area contributed by atoms with Crippen LogP contribution in [0.3, 0.4) is 0 Å². The van der Waals surface area contributed by atoms with Gasteiger partial charge < -0.3 is 9.47 Å². The highest BCUT2D eigenvalue weighted by molar-refractivity contribution is 5.98. The van der Waals surface area contributed by atoms with Crippen molar-refractivity contribution < 1.29 is 14.3 Å². The van der Waals surface area contributed by atoms with Gasteiger partial charge in [-0.15, -0.1) is 6.58 Å². The van der Waals surface area contributed by atoms with Crippen LogP contribution < -0.4 is 0 Å². The lowest BCUT2D eigenvalue weighted by Gasteiger charge is -2.42. The van der Waals surface area contributed by atoms with Gasteiger partial charge in [-0.3, -0.25) is 4.79 Å². The lowest BCUT2D eigenvalue weighted by atomic mass is 9.86. The van der Waals surface area contributed by atoms with Gasteiger partial charge in [0.1, 0.15) is 0 Å². The van der Waals surface area contributed by atoms with E-state index < -0.39 is 11.2 Å². The van der Waals surface area contributed by atoms with Gasteiger partial charge in [0.25, 0.3) is 0 Å². The number of ketones is 1. The highest BCUT2D eigenvalue weighted by Crippen LogP contribution is 2.41. The third kappa shape index (κ3) is 2.17. The summed E-state index contributed by atoms with van der Waals surface area (Å²) in [6.45, 7) is 11.5. The Morgan fingerprint density at radius 1 is 1.39 bits per heavy atom. The lowest BCUT2D eigenvalue weighted by Crippen LogP contribution is -2.55. The van der Waals surface area contributed by atoms with E-state index >= 15 is 0 Å². The van der Waals surface area contributed by atoms with Gasteiger partial charge >= 0.3 is 0 Å². The topological polar surface area (TPSA) is 35.5 Å². The van der Waals surface area contributed by atoms with Gasteiger partial charge in [-0.25, -0.2) is 0 Å². The van der Waals surface area contributed by atoms with Crippen molar-refractivity contribution in [2.45, 2.75) is 63.4 Å². The maximum absolute atomic E-state index is 12.2. The minimum absolute atomic E-state index is 0.0138. The Balaban J connectivity index is 2.25. The van der Waals surface area contributed by atoms with Crippen LogP contribution in [0.4, 0.5) is 0 Å². The van der Waals surface area contributed by atoms with Gasteiger partial charge in [0.2, 0.25) is 0 Å². The molecule has 0 spiro atoms. The van der Waals surface area contributed by atoms with Crippen molar-refractivity contribution >= 4 is 5.78 Å². The highest BCUT2D eigenvalue weighted by Gasteiger charge is 2.52. The third-order valence-corrected chi connectivity index (χ3v) is 3.96. The van der Waals surface area contributed by atoms with E-state index in [0.717, 1.165) is 12.8 Å². The van der Waals surface area contributed by atoms with Crippen molar-refractivity contribution in [1.29, 1.82) is 0 Å². The zero-order valence-electron chi connectivity index (χ0n) is 11.7. The SMILES string of the molecule is C=C[C@@]1(C)CCC([C@@]2(C)OC(C)(C)C=CC2=O)O1. The number of carbonyl (C=O) groups excluding carboxylic acids is 1. The molecule has 3 nitrogen and oxygen atoms in total. The van der Waals surface area contributed by atoms with Crippen molar-refractivity contribution in [3.05, 3.63) is 24.8 Å². The Labute approximate surface area is 109 Å². The first-order valence-corrected chi connectivity index (χ1v) is 6.46. The number of rotatable bonds is 2. The Kier molecular flexibility index (Phi) is 3.03. The van der Waals surface area contributed by atoms with Crippen molar-refractivity contribution in [2.75, 3.05) is 0 Å². The highest BCUT2D eigenvalue weighted by atomic mass is 16.6. The molecule has 3 heteroatoms. The second-order valence-corrected chi connectivity index (χ2v) is 6.17. The van der Waals surface area contributed by atoms with Crippen LogP contribution in [0.15, 0.2) is 24.8 Å². The van der Waals surface area contributed by atoms with Crippen LogP contribution in [-0.4, -0.2) is 28.7 Å². The number of carbonyl (C=O) groups is 1. The van der Waals surface area contributed by atoms with Crippen molar-refractivity contribution in [1.82, 2.24) is 0 Å². The summed E-state index contributed by atoms with van der Waals surface area (Å²) in [4.78, 5) is 12.2. The average Bonchev–Trinajstić information content (AvgIpc) is 2.68. The molecule has 0 bridgehead atoms. The molecule has 100 valence electrons. The Morgan fingerprint density at radius 2 is 2.06 bits per heavy atom. The van der Waals surface area contributed by atoms with Gasteiger partial charge in [0, 0.05) is 0 Å². The Hall–Kier alpha value is -0.930. The molecular weight excluding hydrogens is 228 g/mol. The zero-order chi connectivity index (χ0) is 13.6. The summed E-state index contributed by atoms with van der Waals surface area (Å²) in [5.41, 5.74) is -1.67. The first kappa shape index (κ1) is 13.5. The van der Waals surface area contributed by atoms with Crippen molar-refractivity contribution in [2.24, 2.45) is 0 Å². The Morgan fingerprint density at radius 3 is 2.61 bits per heavy atom. The molecule has 1 saturated heterocycles. The molecule has 0 N–H and O–H groups in total. The standard InChI is InChI=1S/C15H22O3/c1-6-14(4)10-8-12(17-14)15(5)11(16)7-9-13(2,3)18-15/h6-7,9,12H,1,8,10H2,2-5H3/t12?,14-,15-/m0/s1. The van der Waals surface area contributed by atoms with Gasteiger partial charge in [-0.2, -0.15) is 0 Å². The van der Waals surface area contributed by atoms with Crippen molar-refractivity contribution in [3.63, 3.8) is 0 Å². The zero-order valence-corrected chi connectivity index (χ0v) is 11.7. The number of ether oxygens (including phenoxy) is 2. The van der Waals surface area contributed by atoms with Crippen LogP contribution in [-0.2, 0) is 14.3 Å². The molecule has 2 aliphatic rings. The van der Waals surface area contributed by atoms with E-state index in [-0.39, 0.29) is 17.5 Å². The van der Waals surface area contributed by atoms with Gasteiger partial charge in [0.05, 0.1) is 17.3 Å². The lowest BCUT2D eigenvalue weighted by molar-refractivity contribution is -0.190. The summed E-state index contributed by atoms with van der Waals surface area (Å²) < 4.78 is 12.0. The minimum atomic E-state index is -0.890. The van der Waals surface area contributed by atoms with Gasteiger partial charge in [-0.05, 0) is 52.7 Å². The van der Waals surface area contributed by atoms with Crippen LogP contribution in [0.1, 0.15) is 40.5 Å². The fraction of sp³-hybridized carbons (Fsp3) is 0.667. The van der Waals surface area contributed by atoms with Crippen LogP contribution in [0.25, 0.3) is 0 Å². The molecule has 18 heavy (non-hydrogen) atoms. The fourth-order valence-corrected chi connectivity index (χ4v) is 2.70. The quantitative estimate of drug-likeness (QED) is 0.707. The number of hydrogen-bond donors (Lipinski definition) is 0. The summed E-state index contributed by atoms with van der Waals surface area (Å²) in [5, 5.41) is 0. The largest absolute Gasteiger partial charge is 0.364 e. The van der Waals surface area contributed by atoms with Crippen LogP contribution >= 0.6 is 0 Å². The molecule has 2 rings (SSSR count). The predicted octanol–water partition coefficient (Wildman–Crippen LogP) is 2.80. The Bertz CT molecular complexity index is 410. The molecular formula is C15H22O3. The van der Waals surface area contributed by atoms with E-state index in [9.17, 15) is 4.79 Å². The fourth-order valence-electron chi connectivity index (χ4n) is 2.70. The van der Waals surface area contributed by atoms with E-state index in [2.05, 4.69) is 6.58 Å². The molecule has 1 fully saturated rings. The van der Waals surface area contributed by atoms with Gasteiger partial charge in [0.15, 0.2) is 11.4 Å². The molecule has 0 aromatic rings. The first-order valence-electron chi connectivity index (χ1n) is 6.46. The van der Waals surface area contributed by atoms with Gasteiger partial charge in [-0.1, -0.05) is 6.08 Å². The second-order valence-electron chi connectivity index (χ2n) is 6.17.